The van der Waals surface area contributed by atoms with Gasteiger partial charge in [0.15, 0.2) is 11.5 Å². The second-order valence-electron chi connectivity index (χ2n) is 6.98. The van der Waals surface area contributed by atoms with Crippen molar-refractivity contribution in [3.05, 3.63) is 23.8 Å². The van der Waals surface area contributed by atoms with Gasteiger partial charge in [-0.3, -0.25) is 0 Å². The molecule has 2 bridgehead atoms. The van der Waals surface area contributed by atoms with Crippen LogP contribution in [0, 0.1) is 23.2 Å². The lowest BCUT2D eigenvalue weighted by molar-refractivity contribution is 0.122. The molecule has 0 heterocycles. The lowest BCUT2D eigenvalue weighted by Gasteiger charge is -2.40. The van der Waals surface area contributed by atoms with Gasteiger partial charge in [0.25, 0.3) is 0 Å². The average Bonchev–Trinajstić information content (AvgIpc) is 2.90. The fraction of sp³-hybridized carbons (Fsp3) is 0.647. The lowest BCUT2D eigenvalue weighted by Crippen LogP contribution is -2.32. The van der Waals surface area contributed by atoms with Crippen LogP contribution in [-0.4, -0.2) is 12.2 Å². The first-order valence-electron chi connectivity index (χ1n) is 7.32. The van der Waals surface area contributed by atoms with E-state index in [4.69, 9.17) is 4.74 Å². The van der Waals surface area contributed by atoms with E-state index in [0.29, 0.717) is 17.1 Å². The van der Waals surface area contributed by atoms with E-state index in [0.717, 1.165) is 17.8 Å². The number of phenolic OH excluding ortho intramolecular Hbond substituents is 1. The average molecular weight is 260 g/mol. The van der Waals surface area contributed by atoms with Gasteiger partial charge in [-0.2, -0.15) is 0 Å². The molecule has 19 heavy (non-hydrogen) atoms. The van der Waals surface area contributed by atoms with Crippen LogP contribution in [0.1, 0.15) is 45.1 Å². The van der Waals surface area contributed by atoms with E-state index in [9.17, 15) is 5.11 Å². The summed E-state index contributed by atoms with van der Waals surface area (Å²) in [4.78, 5) is 0. The molecule has 2 aliphatic rings. The van der Waals surface area contributed by atoms with E-state index in [2.05, 4.69) is 26.8 Å². The predicted octanol–water partition coefficient (Wildman–Crippen LogP) is 4.19. The molecule has 3 rings (SSSR count). The molecule has 2 aliphatic carbocycles. The second kappa shape index (κ2) is 4.16. The molecular weight excluding hydrogens is 236 g/mol. The Kier molecular flexibility index (Phi) is 2.81. The zero-order valence-corrected chi connectivity index (χ0v) is 12.3. The van der Waals surface area contributed by atoms with Crippen LogP contribution >= 0.6 is 0 Å². The largest absolute Gasteiger partial charge is 0.504 e. The summed E-state index contributed by atoms with van der Waals surface area (Å²) in [5, 5.41) is 9.72. The number of methoxy groups -OCH3 is 1. The molecule has 2 fully saturated rings. The minimum atomic E-state index is 0.239. The van der Waals surface area contributed by atoms with Gasteiger partial charge in [-0.15, -0.1) is 0 Å². The van der Waals surface area contributed by atoms with Crippen LogP contribution in [-0.2, 0) is 0 Å². The van der Waals surface area contributed by atoms with Crippen molar-refractivity contribution in [2.24, 2.45) is 23.2 Å². The van der Waals surface area contributed by atoms with Crippen molar-refractivity contribution in [2.75, 3.05) is 7.11 Å². The molecule has 0 aliphatic heterocycles. The number of hydrogen-bond donors (Lipinski definition) is 1. The Labute approximate surface area is 115 Å². The van der Waals surface area contributed by atoms with Gasteiger partial charge in [0.1, 0.15) is 0 Å². The Morgan fingerprint density at radius 1 is 1.26 bits per heavy atom. The van der Waals surface area contributed by atoms with Crippen molar-refractivity contribution in [1.29, 1.82) is 0 Å². The lowest BCUT2D eigenvalue weighted by atomic mass is 9.65. The van der Waals surface area contributed by atoms with Crippen molar-refractivity contribution in [2.45, 2.75) is 39.5 Å². The topological polar surface area (TPSA) is 29.5 Å². The molecule has 1 aromatic rings. The van der Waals surface area contributed by atoms with Crippen LogP contribution in [0.15, 0.2) is 18.2 Å². The Balaban J connectivity index is 1.90. The van der Waals surface area contributed by atoms with Crippen LogP contribution in [0.25, 0.3) is 0 Å². The standard InChI is InChI=1S/C17H24O2/c1-10-13-8-12(17(10,2)3)9-14(13)11-5-6-15(18)16(7-11)19-4/h5-7,10,12-14,18H,8-9H2,1-4H3/t10-,12-,13-,14-/m0/s1. The molecular formula is C17H24O2. The van der Waals surface area contributed by atoms with Gasteiger partial charge >= 0.3 is 0 Å². The Hall–Kier alpha value is -1.18. The Morgan fingerprint density at radius 2 is 2.00 bits per heavy atom. The molecule has 0 spiro atoms. The van der Waals surface area contributed by atoms with Crippen molar-refractivity contribution < 1.29 is 9.84 Å². The number of aromatic hydroxyl groups is 1. The van der Waals surface area contributed by atoms with Gasteiger partial charge in [-0.25, -0.2) is 0 Å². The van der Waals surface area contributed by atoms with Crippen LogP contribution in [0.2, 0.25) is 0 Å². The van der Waals surface area contributed by atoms with Gasteiger partial charge in [0.2, 0.25) is 0 Å². The summed E-state index contributed by atoms with van der Waals surface area (Å²) in [6.07, 6.45) is 2.65. The molecule has 0 saturated heterocycles. The highest BCUT2D eigenvalue weighted by atomic mass is 16.5. The van der Waals surface area contributed by atoms with Crippen molar-refractivity contribution in [1.82, 2.24) is 0 Å². The number of hydrogen-bond acceptors (Lipinski definition) is 2. The molecule has 2 heteroatoms. The molecule has 0 unspecified atom stereocenters. The monoisotopic (exact) mass is 260 g/mol. The zero-order chi connectivity index (χ0) is 13.8. The van der Waals surface area contributed by atoms with E-state index in [1.807, 2.05) is 6.07 Å². The molecule has 1 N–H and O–H groups in total. The first kappa shape index (κ1) is 12.8. The molecule has 4 atom stereocenters. The Morgan fingerprint density at radius 3 is 2.58 bits per heavy atom. The molecule has 0 aromatic heterocycles. The molecule has 2 saturated carbocycles. The minimum Gasteiger partial charge on any atom is -0.504 e. The first-order valence-corrected chi connectivity index (χ1v) is 7.32. The summed E-state index contributed by atoms with van der Waals surface area (Å²) < 4.78 is 5.24. The van der Waals surface area contributed by atoms with Crippen LogP contribution in [0.5, 0.6) is 11.5 Å². The van der Waals surface area contributed by atoms with Crippen molar-refractivity contribution >= 4 is 0 Å². The summed E-state index contributed by atoms with van der Waals surface area (Å²) in [5.74, 6) is 3.89. The molecule has 0 amide bonds. The van der Waals surface area contributed by atoms with Gasteiger partial charge in [0, 0.05) is 0 Å². The maximum Gasteiger partial charge on any atom is 0.160 e. The van der Waals surface area contributed by atoms with Crippen molar-refractivity contribution in [3.63, 3.8) is 0 Å². The summed E-state index contributed by atoms with van der Waals surface area (Å²) in [6.45, 7) is 7.26. The van der Waals surface area contributed by atoms with Crippen LogP contribution in [0.3, 0.4) is 0 Å². The van der Waals surface area contributed by atoms with Crippen LogP contribution < -0.4 is 4.74 Å². The van der Waals surface area contributed by atoms with Crippen molar-refractivity contribution in [3.8, 4) is 11.5 Å². The number of phenols is 1. The molecule has 1 aromatic carbocycles. The van der Waals surface area contributed by atoms with E-state index in [-0.39, 0.29) is 5.75 Å². The number of fused-ring (bicyclic) bond motifs is 2. The molecule has 2 nitrogen and oxygen atoms in total. The highest BCUT2D eigenvalue weighted by Gasteiger charge is 2.55. The maximum atomic E-state index is 9.72. The molecule has 0 radical (unpaired) electrons. The quantitative estimate of drug-likeness (QED) is 0.864. The van der Waals surface area contributed by atoms with Gasteiger partial charge < -0.3 is 9.84 Å². The van der Waals surface area contributed by atoms with E-state index < -0.39 is 0 Å². The SMILES string of the molecule is COc1cc([C@@H]2C[C@@H]3C[C@H]2[C@H](C)C3(C)C)ccc1O. The third-order valence-corrected chi connectivity index (χ3v) is 6.11. The summed E-state index contributed by atoms with van der Waals surface area (Å²) in [7, 11) is 1.62. The number of ether oxygens (including phenoxy) is 1. The van der Waals surface area contributed by atoms with E-state index in [1.165, 1.54) is 18.4 Å². The maximum absolute atomic E-state index is 9.72. The van der Waals surface area contributed by atoms with Gasteiger partial charge in [-0.1, -0.05) is 26.8 Å². The third-order valence-electron chi connectivity index (χ3n) is 6.11. The normalized spacial score (nSPS) is 35.6. The van der Waals surface area contributed by atoms with Gasteiger partial charge in [-0.05, 0) is 59.6 Å². The third kappa shape index (κ3) is 1.76. The highest BCUT2D eigenvalue weighted by molar-refractivity contribution is 5.43. The number of benzene rings is 1. The smallest absolute Gasteiger partial charge is 0.160 e. The molecule has 104 valence electrons. The predicted molar refractivity (Wildman–Crippen MR) is 76.6 cm³/mol. The summed E-state index contributed by atoms with van der Waals surface area (Å²) in [6, 6.07) is 5.87. The second-order valence-corrected chi connectivity index (χ2v) is 6.98. The van der Waals surface area contributed by atoms with Gasteiger partial charge in [0.05, 0.1) is 7.11 Å². The zero-order valence-electron chi connectivity index (χ0n) is 12.3. The van der Waals surface area contributed by atoms with E-state index >= 15 is 0 Å². The Bertz CT molecular complexity index is 488. The number of rotatable bonds is 2. The van der Waals surface area contributed by atoms with Crippen LogP contribution in [0.4, 0.5) is 0 Å². The van der Waals surface area contributed by atoms with E-state index in [1.54, 1.807) is 13.2 Å². The first-order chi connectivity index (χ1) is 8.95. The fourth-order valence-electron chi connectivity index (χ4n) is 4.46. The highest BCUT2D eigenvalue weighted by Crippen LogP contribution is 2.64. The summed E-state index contributed by atoms with van der Waals surface area (Å²) in [5.41, 5.74) is 1.83. The summed E-state index contributed by atoms with van der Waals surface area (Å²) >= 11 is 0. The minimum absolute atomic E-state index is 0.239. The fourth-order valence-corrected chi connectivity index (χ4v) is 4.46.